The summed E-state index contributed by atoms with van der Waals surface area (Å²) in [6.07, 6.45) is 2.13. The number of aliphatic hydroxyl groups is 1. The molecule has 20 heavy (non-hydrogen) atoms. The number of rotatable bonds is 3. The summed E-state index contributed by atoms with van der Waals surface area (Å²) < 4.78 is 2.27. The summed E-state index contributed by atoms with van der Waals surface area (Å²) in [5.74, 6) is 0. The predicted octanol–water partition coefficient (Wildman–Crippen LogP) is 3.80. The highest BCUT2D eigenvalue weighted by Crippen LogP contribution is 2.24. The van der Waals surface area contributed by atoms with Crippen LogP contribution in [-0.2, 0) is 13.2 Å². The minimum Gasteiger partial charge on any atom is -0.392 e. The van der Waals surface area contributed by atoms with E-state index in [1.165, 1.54) is 27.6 Å². The molecule has 0 saturated heterocycles. The van der Waals surface area contributed by atoms with E-state index in [9.17, 15) is 5.11 Å². The quantitative estimate of drug-likeness (QED) is 0.765. The Bertz CT molecular complexity index is 755. The molecule has 2 nitrogen and oxygen atoms in total. The first-order valence-electron chi connectivity index (χ1n) is 6.93. The molecule has 0 saturated carbocycles. The van der Waals surface area contributed by atoms with Crippen LogP contribution in [0.2, 0.25) is 0 Å². The molecular formula is C18H19NO. The fraction of sp³-hybridized carbons (Fsp3) is 0.222. The van der Waals surface area contributed by atoms with E-state index in [1.807, 2.05) is 6.07 Å². The molecule has 0 radical (unpaired) electrons. The Kier molecular flexibility index (Phi) is 3.33. The van der Waals surface area contributed by atoms with Crippen molar-refractivity contribution in [2.24, 2.45) is 0 Å². The van der Waals surface area contributed by atoms with Gasteiger partial charge in [0.25, 0.3) is 0 Å². The number of aromatic nitrogens is 1. The Balaban J connectivity index is 2.11. The molecule has 0 fully saturated rings. The largest absolute Gasteiger partial charge is 0.392 e. The maximum absolute atomic E-state index is 9.43. The Morgan fingerprint density at radius 1 is 0.950 bits per heavy atom. The lowest BCUT2D eigenvalue weighted by Crippen LogP contribution is -2.02. The fourth-order valence-corrected chi connectivity index (χ4v) is 2.80. The molecule has 1 N–H and O–H groups in total. The van der Waals surface area contributed by atoms with Gasteiger partial charge in [0.15, 0.2) is 0 Å². The molecule has 0 aliphatic carbocycles. The van der Waals surface area contributed by atoms with Gasteiger partial charge in [-0.25, -0.2) is 0 Å². The van der Waals surface area contributed by atoms with Gasteiger partial charge in [-0.2, -0.15) is 0 Å². The van der Waals surface area contributed by atoms with Gasteiger partial charge in [0.1, 0.15) is 0 Å². The van der Waals surface area contributed by atoms with E-state index >= 15 is 0 Å². The second kappa shape index (κ2) is 5.14. The monoisotopic (exact) mass is 265 g/mol. The van der Waals surface area contributed by atoms with E-state index in [-0.39, 0.29) is 6.61 Å². The smallest absolute Gasteiger partial charge is 0.0685 e. The topological polar surface area (TPSA) is 25.2 Å². The molecule has 2 heteroatoms. The van der Waals surface area contributed by atoms with E-state index in [0.717, 1.165) is 12.1 Å². The van der Waals surface area contributed by atoms with Crippen LogP contribution in [0.5, 0.6) is 0 Å². The second-order valence-corrected chi connectivity index (χ2v) is 5.32. The Morgan fingerprint density at radius 3 is 2.50 bits per heavy atom. The van der Waals surface area contributed by atoms with Gasteiger partial charge < -0.3 is 9.67 Å². The SMILES string of the molecule is Cc1ccccc1Cn1ccc2ccc(CO)c(C)c21. The lowest BCUT2D eigenvalue weighted by molar-refractivity contribution is 0.281. The summed E-state index contributed by atoms with van der Waals surface area (Å²) in [4.78, 5) is 0. The Morgan fingerprint density at radius 2 is 1.75 bits per heavy atom. The van der Waals surface area contributed by atoms with Gasteiger partial charge in [-0.05, 0) is 47.6 Å². The summed E-state index contributed by atoms with van der Waals surface area (Å²) >= 11 is 0. The van der Waals surface area contributed by atoms with E-state index in [0.29, 0.717) is 0 Å². The molecule has 0 bridgehead atoms. The Hall–Kier alpha value is -2.06. The van der Waals surface area contributed by atoms with Crippen LogP contribution in [0.25, 0.3) is 10.9 Å². The van der Waals surface area contributed by atoms with Crippen molar-refractivity contribution in [3.63, 3.8) is 0 Å². The highest BCUT2D eigenvalue weighted by atomic mass is 16.3. The lowest BCUT2D eigenvalue weighted by atomic mass is 10.1. The van der Waals surface area contributed by atoms with Gasteiger partial charge in [-0.1, -0.05) is 36.4 Å². The van der Waals surface area contributed by atoms with Crippen LogP contribution < -0.4 is 0 Å². The molecule has 2 aromatic carbocycles. The minimum absolute atomic E-state index is 0.0946. The number of hydrogen-bond donors (Lipinski definition) is 1. The second-order valence-electron chi connectivity index (χ2n) is 5.32. The highest BCUT2D eigenvalue weighted by Gasteiger charge is 2.08. The number of benzene rings is 2. The van der Waals surface area contributed by atoms with Crippen LogP contribution >= 0.6 is 0 Å². The zero-order chi connectivity index (χ0) is 14.1. The third kappa shape index (κ3) is 2.12. The summed E-state index contributed by atoms with van der Waals surface area (Å²) in [6, 6.07) is 14.7. The lowest BCUT2D eigenvalue weighted by Gasteiger charge is -2.12. The van der Waals surface area contributed by atoms with E-state index < -0.39 is 0 Å². The number of aryl methyl sites for hydroxylation is 2. The van der Waals surface area contributed by atoms with Crippen molar-refractivity contribution in [2.45, 2.75) is 27.0 Å². The molecule has 0 unspecified atom stereocenters. The Labute approximate surface area is 119 Å². The average molecular weight is 265 g/mol. The molecule has 3 aromatic rings. The molecule has 1 heterocycles. The first-order chi connectivity index (χ1) is 9.70. The van der Waals surface area contributed by atoms with Crippen LogP contribution in [0.15, 0.2) is 48.7 Å². The first kappa shape index (κ1) is 12.9. The van der Waals surface area contributed by atoms with E-state index in [4.69, 9.17) is 0 Å². The fourth-order valence-electron chi connectivity index (χ4n) is 2.80. The molecule has 0 spiro atoms. The van der Waals surface area contributed by atoms with Crippen LogP contribution in [-0.4, -0.2) is 9.67 Å². The van der Waals surface area contributed by atoms with Crippen molar-refractivity contribution in [1.29, 1.82) is 0 Å². The standard InChI is InChI=1S/C18H19NO/c1-13-5-3-4-6-16(13)11-19-10-9-15-7-8-17(12-20)14(2)18(15)19/h3-10,20H,11-12H2,1-2H3. The number of nitrogens with zero attached hydrogens (tertiary/aromatic N) is 1. The molecule has 102 valence electrons. The van der Waals surface area contributed by atoms with Gasteiger partial charge in [0.2, 0.25) is 0 Å². The van der Waals surface area contributed by atoms with Crippen molar-refractivity contribution >= 4 is 10.9 Å². The molecule has 3 rings (SSSR count). The summed E-state index contributed by atoms with van der Waals surface area (Å²) in [6.45, 7) is 5.19. The zero-order valence-corrected chi connectivity index (χ0v) is 11.9. The third-order valence-electron chi connectivity index (χ3n) is 4.07. The predicted molar refractivity (Wildman–Crippen MR) is 82.9 cm³/mol. The molecule has 0 atom stereocenters. The number of aliphatic hydroxyl groups excluding tert-OH is 1. The minimum atomic E-state index is 0.0946. The average Bonchev–Trinajstić information content (AvgIpc) is 2.86. The van der Waals surface area contributed by atoms with Crippen LogP contribution in [0.1, 0.15) is 22.3 Å². The molecule has 0 aliphatic rings. The van der Waals surface area contributed by atoms with Gasteiger partial charge in [-0.3, -0.25) is 0 Å². The van der Waals surface area contributed by atoms with Crippen molar-refractivity contribution in [3.8, 4) is 0 Å². The summed E-state index contributed by atoms with van der Waals surface area (Å²) in [7, 11) is 0. The molecular weight excluding hydrogens is 246 g/mol. The number of fused-ring (bicyclic) bond motifs is 1. The van der Waals surface area contributed by atoms with E-state index in [1.54, 1.807) is 0 Å². The van der Waals surface area contributed by atoms with Crippen molar-refractivity contribution in [3.05, 3.63) is 70.9 Å². The molecule has 0 amide bonds. The van der Waals surface area contributed by atoms with Gasteiger partial charge in [-0.15, -0.1) is 0 Å². The number of hydrogen-bond acceptors (Lipinski definition) is 1. The van der Waals surface area contributed by atoms with Gasteiger partial charge in [0.05, 0.1) is 12.1 Å². The summed E-state index contributed by atoms with van der Waals surface area (Å²) in [5.41, 5.74) is 6.04. The van der Waals surface area contributed by atoms with Crippen molar-refractivity contribution in [2.75, 3.05) is 0 Å². The van der Waals surface area contributed by atoms with Crippen LogP contribution in [0.4, 0.5) is 0 Å². The first-order valence-corrected chi connectivity index (χ1v) is 6.93. The normalized spacial score (nSPS) is 11.2. The van der Waals surface area contributed by atoms with E-state index in [2.05, 4.69) is 61.0 Å². The molecule has 0 aliphatic heterocycles. The van der Waals surface area contributed by atoms with Crippen molar-refractivity contribution in [1.82, 2.24) is 4.57 Å². The zero-order valence-electron chi connectivity index (χ0n) is 11.9. The van der Waals surface area contributed by atoms with Crippen LogP contribution in [0.3, 0.4) is 0 Å². The van der Waals surface area contributed by atoms with Gasteiger partial charge in [0, 0.05) is 12.7 Å². The third-order valence-corrected chi connectivity index (χ3v) is 4.07. The van der Waals surface area contributed by atoms with Crippen LogP contribution in [0, 0.1) is 13.8 Å². The maximum Gasteiger partial charge on any atom is 0.0685 e. The van der Waals surface area contributed by atoms with Crippen molar-refractivity contribution < 1.29 is 5.11 Å². The highest BCUT2D eigenvalue weighted by molar-refractivity contribution is 5.84. The summed E-state index contributed by atoms with van der Waals surface area (Å²) in [5, 5.41) is 10.7. The molecule has 1 aromatic heterocycles. The maximum atomic E-state index is 9.43. The van der Waals surface area contributed by atoms with Gasteiger partial charge >= 0.3 is 0 Å².